The minimum absolute atomic E-state index is 0.00235. The van der Waals surface area contributed by atoms with Gasteiger partial charge in [-0.2, -0.15) is 4.98 Å². The van der Waals surface area contributed by atoms with E-state index in [-0.39, 0.29) is 17.4 Å². The van der Waals surface area contributed by atoms with Crippen LogP contribution < -0.4 is 10.3 Å². The highest BCUT2D eigenvalue weighted by molar-refractivity contribution is 6.30. The standard InChI is InChI=1S/C11H13ClN4O3/c1-3-4-7-14-8(19-15-7)5-16-6-13-10(12)9(18-2)11(16)17/h6H,3-5H2,1-2H3. The molecule has 8 heteroatoms. The van der Waals surface area contributed by atoms with Crippen LogP contribution in [0.4, 0.5) is 0 Å². The Kier molecular flexibility index (Phi) is 4.16. The van der Waals surface area contributed by atoms with Gasteiger partial charge in [0.25, 0.3) is 5.56 Å². The Labute approximate surface area is 114 Å². The summed E-state index contributed by atoms with van der Waals surface area (Å²) in [6.45, 7) is 2.16. The van der Waals surface area contributed by atoms with Crippen LogP contribution >= 0.6 is 11.6 Å². The zero-order chi connectivity index (χ0) is 13.8. The summed E-state index contributed by atoms with van der Waals surface area (Å²) >= 11 is 5.75. The summed E-state index contributed by atoms with van der Waals surface area (Å²) in [5, 5.41) is 3.84. The number of methoxy groups -OCH3 is 1. The number of halogens is 1. The van der Waals surface area contributed by atoms with Crippen LogP contribution in [-0.2, 0) is 13.0 Å². The van der Waals surface area contributed by atoms with Gasteiger partial charge in [0.1, 0.15) is 6.54 Å². The summed E-state index contributed by atoms with van der Waals surface area (Å²) in [6, 6.07) is 0. The van der Waals surface area contributed by atoms with Gasteiger partial charge in [-0.15, -0.1) is 0 Å². The Balaban J connectivity index is 2.25. The van der Waals surface area contributed by atoms with Crippen LogP contribution in [0.2, 0.25) is 5.15 Å². The third-order valence-corrected chi connectivity index (χ3v) is 2.72. The SMILES string of the molecule is CCCc1noc(Cn2cnc(Cl)c(OC)c2=O)n1. The molecule has 0 aromatic carbocycles. The molecule has 0 aliphatic carbocycles. The Bertz CT molecular complexity index is 623. The van der Waals surface area contributed by atoms with Crippen molar-refractivity contribution in [1.82, 2.24) is 19.7 Å². The lowest BCUT2D eigenvalue weighted by atomic mass is 10.3. The molecular weight excluding hydrogens is 272 g/mol. The first kappa shape index (κ1) is 13.5. The molecule has 0 aliphatic heterocycles. The lowest BCUT2D eigenvalue weighted by molar-refractivity contribution is 0.359. The summed E-state index contributed by atoms with van der Waals surface area (Å²) in [6.07, 6.45) is 2.98. The van der Waals surface area contributed by atoms with E-state index in [1.165, 1.54) is 18.0 Å². The van der Waals surface area contributed by atoms with E-state index in [9.17, 15) is 4.79 Å². The summed E-state index contributed by atoms with van der Waals surface area (Å²) in [4.78, 5) is 20.0. The topological polar surface area (TPSA) is 83.0 Å². The molecule has 0 saturated carbocycles. The molecular formula is C11H13ClN4O3. The fourth-order valence-electron chi connectivity index (χ4n) is 1.56. The maximum atomic E-state index is 12.0. The molecule has 0 unspecified atom stereocenters. The van der Waals surface area contributed by atoms with E-state index >= 15 is 0 Å². The average Bonchev–Trinajstić information content (AvgIpc) is 2.82. The van der Waals surface area contributed by atoms with Gasteiger partial charge in [-0.05, 0) is 6.42 Å². The van der Waals surface area contributed by atoms with Crippen LogP contribution in [-0.4, -0.2) is 26.8 Å². The molecule has 0 atom stereocenters. The van der Waals surface area contributed by atoms with Gasteiger partial charge < -0.3 is 9.26 Å². The minimum Gasteiger partial charge on any atom is -0.489 e. The first-order valence-corrected chi connectivity index (χ1v) is 6.14. The van der Waals surface area contributed by atoms with Gasteiger partial charge in [0, 0.05) is 6.42 Å². The van der Waals surface area contributed by atoms with E-state index in [2.05, 4.69) is 15.1 Å². The van der Waals surface area contributed by atoms with Crippen LogP contribution in [0.15, 0.2) is 15.6 Å². The van der Waals surface area contributed by atoms with Gasteiger partial charge in [0.15, 0.2) is 11.0 Å². The first-order chi connectivity index (χ1) is 9.15. The van der Waals surface area contributed by atoms with E-state index in [0.717, 1.165) is 12.8 Å². The molecule has 0 amide bonds. The monoisotopic (exact) mass is 284 g/mol. The summed E-state index contributed by atoms with van der Waals surface area (Å²) in [7, 11) is 1.36. The number of aromatic nitrogens is 4. The molecule has 7 nitrogen and oxygen atoms in total. The second kappa shape index (κ2) is 5.83. The molecule has 0 aliphatic rings. The number of hydrogen-bond acceptors (Lipinski definition) is 6. The Morgan fingerprint density at radius 1 is 1.53 bits per heavy atom. The molecule has 2 aromatic rings. The molecule has 2 aromatic heterocycles. The van der Waals surface area contributed by atoms with Crippen LogP contribution in [0.3, 0.4) is 0 Å². The van der Waals surface area contributed by atoms with Crippen LogP contribution in [0.25, 0.3) is 0 Å². The van der Waals surface area contributed by atoms with E-state index in [1.54, 1.807) is 0 Å². The summed E-state index contributed by atoms with van der Waals surface area (Å²) < 4.78 is 11.3. The molecule has 0 fully saturated rings. The zero-order valence-electron chi connectivity index (χ0n) is 10.6. The van der Waals surface area contributed by atoms with Crippen molar-refractivity contribution >= 4 is 11.6 Å². The Morgan fingerprint density at radius 2 is 2.32 bits per heavy atom. The lowest BCUT2D eigenvalue weighted by Crippen LogP contribution is -2.22. The van der Waals surface area contributed by atoms with Crippen molar-refractivity contribution in [3.63, 3.8) is 0 Å². The van der Waals surface area contributed by atoms with Crippen LogP contribution in [0.1, 0.15) is 25.1 Å². The molecule has 0 saturated heterocycles. The average molecular weight is 285 g/mol. The fraction of sp³-hybridized carbons (Fsp3) is 0.455. The first-order valence-electron chi connectivity index (χ1n) is 5.76. The number of aryl methyl sites for hydroxylation is 1. The van der Waals surface area contributed by atoms with Crippen molar-refractivity contribution in [2.75, 3.05) is 7.11 Å². The van der Waals surface area contributed by atoms with Crippen LogP contribution in [0.5, 0.6) is 5.75 Å². The van der Waals surface area contributed by atoms with Crippen molar-refractivity contribution in [3.8, 4) is 5.75 Å². The van der Waals surface area contributed by atoms with Crippen molar-refractivity contribution in [3.05, 3.63) is 33.5 Å². The van der Waals surface area contributed by atoms with Gasteiger partial charge in [-0.3, -0.25) is 9.36 Å². The Morgan fingerprint density at radius 3 is 3.00 bits per heavy atom. The Hall–Kier alpha value is -1.89. The molecule has 2 rings (SSSR count). The van der Waals surface area contributed by atoms with Gasteiger partial charge >= 0.3 is 0 Å². The second-order valence-electron chi connectivity index (χ2n) is 3.86. The summed E-state index contributed by atoms with van der Waals surface area (Å²) in [5.74, 6) is 0.966. The molecule has 0 spiro atoms. The number of rotatable bonds is 5. The highest BCUT2D eigenvalue weighted by atomic mass is 35.5. The van der Waals surface area contributed by atoms with Gasteiger partial charge in [-0.1, -0.05) is 23.7 Å². The maximum absolute atomic E-state index is 12.0. The molecule has 2 heterocycles. The van der Waals surface area contributed by atoms with E-state index in [4.69, 9.17) is 20.9 Å². The highest BCUT2D eigenvalue weighted by Gasteiger charge is 2.13. The molecule has 19 heavy (non-hydrogen) atoms. The number of hydrogen-bond donors (Lipinski definition) is 0. The van der Waals surface area contributed by atoms with Crippen molar-refractivity contribution in [2.24, 2.45) is 0 Å². The maximum Gasteiger partial charge on any atom is 0.297 e. The molecule has 0 N–H and O–H groups in total. The quantitative estimate of drug-likeness (QED) is 0.769. The third kappa shape index (κ3) is 2.93. The number of nitrogens with zero attached hydrogens (tertiary/aromatic N) is 4. The third-order valence-electron chi connectivity index (χ3n) is 2.45. The molecule has 102 valence electrons. The normalized spacial score (nSPS) is 10.7. The van der Waals surface area contributed by atoms with Gasteiger partial charge in [0.2, 0.25) is 11.6 Å². The second-order valence-corrected chi connectivity index (χ2v) is 4.21. The van der Waals surface area contributed by atoms with Crippen LogP contribution in [0, 0.1) is 0 Å². The van der Waals surface area contributed by atoms with Crippen molar-refractivity contribution < 1.29 is 9.26 Å². The molecule has 0 bridgehead atoms. The largest absolute Gasteiger partial charge is 0.489 e. The number of ether oxygens (including phenoxy) is 1. The van der Waals surface area contributed by atoms with Gasteiger partial charge in [0.05, 0.1) is 13.4 Å². The predicted octanol–water partition coefficient (Wildman–Crippen LogP) is 1.29. The smallest absolute Gasteiger partial charge is 0.297 e. The van der Waals surface area contributed by atoms with E-state index < -0.39 is 5.56 Å². The lowest BCUT2D eigenvalue weighted by Gasteiger charge is -2.05. The minimum atomic E-state index is -0.391. The van der Waals surface area contributed by atoms with E-state index in [1.807, 2.05) is 6.92 Å². The highest BCUT2D eigenvalue weighted by Crippen LogP contribution is 2.15. The van der Waals surface area contributed by atoms with Crippen molar-refractivity contribution in [2.45, 2.75) is 26.3 Å². The zero-order valence-corrected chi connectivity index (χ0v) is 11.3. The van der Waals surface area contributed by atoms with E-state index in [0.29, 0.717) is 11.7 Å². The summed E-state index contributed by atoms with van der Waals surface area (Å²) in [5.41, 5.74) is -0.391. The molecule has 0 radical (unpaired) electrons. The van der Waals surface area contributed by atoms with Crippen molar-refractivity contribution in [1.29, 1.82) is 0 Å². The van der Waals surface area contributed by atoms with Gasteiger partial charge in [-0.25, -0.2) is 4.98 Å². The predicted molar refractivity (Wildman–Crippen MR) is 67.5 cm³/mol. The fourth-order valence-corrected chi connectivity index (χ4v) is 1.76.